The fraction of sp³-hybridized carbons (Fsp3) is 0.290. The molecule has 0 radical (unpaired) electrons. The van der Waals surface area contributed by atoms with E-state index in [4.69, 9.17) is 16.3 Å². The van der Waals surface area contributed by atoms with E-state index in [9.17, 15) is 5.11 Å². The van der Waals surface area contributed by atoms with Gasteiger partial charge in [-0.1, -0.05) is 49.7 Å². The fourth-order valence-electron chi connectivity index (χ4n) is 4.87. The lowest BCUT2D eigenvalue weighted by molar-refractivity contribution is 0.0967. The second kappa shape index (κ2) is 10.7. The fourth-order valence-corrected chi connectivity index (χ4v) is 6.19. The highest BCUT2D eigenvalue weighted by Gasteiger charge is 2.24. The molecule has 1 fully saturated rings. The van der Waals surface area contributed by atoms with Gasteiger partial charge in [-0.25, -0.2) is 0 Å². The molecule has 0 bridgehead atoms. The normalized spacial score (nSPS) is 14.2. The van der Waals surface area contributed by atoms with Gasteiger partial charge in [0.25, 0.3) is 0 Å². The maximum absolute atomic E-state index is 10.1. The van der Waals surface area contributed by atoms with Crippen LogP contribution in [0.15, 0.2) is 67.2 Å². The Labute approximate surface area is 222 Å². The lowest BCUT2D eigenvalue weighted by Gasteiger charge is -2.38. The van der Waals surface area contributed by atoms with Crippen molar-refractivity contribution in [3.05, 3.63) is 93.8 Å². The third-order valence-corrected chi connectivity index (χ3v) is 8.55. The van der Waals surface area contributed by atoms with Crippen molar-refractivity contribution in [2.75, 3.05) is 19.6 Å². The number of likely N-dealkylation sites (tertiary alicyclic amines) is 1. The van der Waals surface area contributed by atoms with Gasteiger partial charge in [0, 0.05) is 28.2 Å². The van der Waals surface area contributed by atoms with Gasteiger partial charge in [0.05, 0.1) is 4.88 Å². The van der Waals surface area contributed by atoms with Crippen molar-refractivity contribution in [2.24, 2.45) is 5.92 Å². The molecular formula is C31H32ClNO2S. The highest BCUT2D eigenvalue weighted by atomic mass is 35.5. The standard InChI is InChI=1S/C31H32ClNO2S/c1-4-22-18-33(19-22)15-5-6-23-8-12-26(13-9-23)35-30-27-14-11-25(34)17-29(27)36-31(30)21(3)28-16-24(32)10-7-20(28)2/h7-14,16-17,22,34H,3-6,15,18-19H2,1-2H3. The zero-order valence-electron chi connectivity index (χ0n) is 20.9. The summed E-state index contributed by atoms with van der Waals surface area (Å²) in [7, 11) is 0. The number of aromatic hydroxyl groups is 1. The van der Waals surface area contributed by atoms with Gasteiger partial charge >= 0.3 is 0 Å². The van der Waals surface area contributed by atoms with E-state index in [1.165, 1.54) is 38.0 Å². The van der Waals surface area contributed by atoms with Crippen molar-refractivity contribution < 1.29 is 9.84 Å². The monoisotopic (exact) mass is 517 g/mol. The van der Waals surface area contributed by atoms with Crippen molar-refractivity contribution in [2.45, 2.75) is 33.1 Å². The third-order valence-electron chi connectivity index (χ3n) is 7.12. The summed E-state index contributed by atoms with van der Waals surface area (Å²) >= 11 is 7.87. The molecule has 0 unspecified atom stereocenters. The lowest BCUT2D eigenvalue weighted by Crippen LogP contribution is -2.46. The number of halogens is 1. The maximum atomic E-state index is 10.1. The van der Waals surface area contributed by atoms with Gasteiger partial charge in [0.1, 0.15) is 11.5 Å². The van der Waals surface area contributed by atoms with E-state index < -0.39 is 0 Å². The number of rotatable bonds is 9. The van der Waals surface area contributed by atoms with Gasteiger partial charge in [-0.3, -0.25) is 0 Å². The number of aryl methyl sites for hydroxylation is 2. The molecule has 1 aromatic heterocycles. The minimum Gasteiger partial charge on any atom is -0.508 e. The number of thiophene rings is 1. The Bertz CT molecular complexity index is 1390. The molecular weight excluding hydrogens is 486 g/mol. The van der Waals surface area contributed by atoms with Crippen LogP contribution in [0, 0.1) is 12.8 Å². The molecule has 1 aliphatic heterocycles. The van der Waals surface area contributed by atoms with Crippen LogP contribution in [-0.4, -0.2) is 29.6 Å². The Morgan fingerprint density at radius 2 is 1.89 bits per heavy atom. The topological polar surface area (TPSA) is 32.7 Å². The van der Waals surface area contributed by atoms with Crippen LogP contribution in [0.25, 0.3) is 15.7 Å². The molecule has 0 saturated carbocycles. The summed E-state index contributed by atoms with van der Waals surface area (Å²) in [6.07, 6.45) is 3.55. The Hall–Kier alpha value is -2.79. The number of phenols is 1. The van der Waals surface area contributed by atoms with E-state index in [0.29, 0.717) is 5.02 Å². The zero-order valence-corrected chi connectivity index (χ0v) is 22.5. The first-order valence-corrected chi connectivity index (χ1v) is 13.8. The summed E-state index contributed by atoms with van der Waals surface area (Å²) in [5.74, 6) is 2.69. The number of ether oxygens (including phenoxy) is 1. The molecule has 3 nitrogen and oxygen atoms in total. The molecule has 3 aromatic carbocycles. The van der Waals surface area contributed by atoms with Gasteiger partial charge in [-0.05, 0) is 97.0 Å². The van der Waals surface area contributed by atoms with E-state index in [1.54, 1.807) is 23.5 Å². The molecule has 0 spiro atoms. The van der Waals surface area contributed by atoms with E-state index in [1.807, 2.05) is 36.4 Å². The summed E-state index contributed by atoms with van der Waals surface area (Å²) in [6.45, 7) is 12.4. The Morgan fingerprint density at radius 1 is 1.11 bits per heavy atom. The van der Waals surface area contributed by atoms with Gasteiger partial charge in [0.15, 0.2) is 5.75 Å². The van der Waals surface area contributed by atoms with Crippen LogP contribution in [-0.2, 0) is 6.42 Å². The summed E-state index contributed by atoms with van der Waals surface area (Å²) in [4.78, 5) is 3.49. The summed E-state index contributed by atoms with van der Waals surface area (Å²) in [5, 5.41) is 11.7. The maximum Gasteiger partial charge on any atom is 0.153 e. The van der Waals surface area contributed by atoms with E-state index in [0.717, 1.165) is 55.5 Å². The van der Waals surface area contributed by atoms with E-state index in [-0.39, 0.29) is 5.75 Å². The number of phenolic OH excluding ortho intramolecular Hbond substituents is 1. The third kappa shape index (κ3) is 5.31. The quantitative estimate of drug-likeness (QED) is 0.241. The molecule has 1 aliphatic rings. The Kier molecular flexibility index (Phi) is 7.38. The zero-order chi connectivity index (χ0) is 25.2. The largest absolute Gasteiger partial charge is 0.508 e. The minimum atomic E-state index is 0.235. The minimum absolute atomic E-state index is 0.235. The summed E-state index contributed by atoms with van der Waals surface area (Å²) in [5.41, 5.74) is 4.28. The Morgan fingerprint density at radius 3 is 2.64 bits per heavy atom. The Balaban J connectivity index is 1.35. The van der Waals surface area contributed by atoms with Crippen LogP contribution in [0.1, 0.15) is 41.3 Å². The van der Waals surface area contributed by atoms with Gasteiger partial charge in [-0.15, -0.1) is 11.3 Å². The number of fused-ring (bicyclic) bond motifs is 1. The van der Waals surface area contributed by atoms with Crippen molar-refractivity contribution in [1.29, 1.82) is 0 Å². The highest BCUT2D eigenvalue weighted by molar-refractivity contribution is 7.20. The first kappa shape index (κ1) is 24.9. The molecule has 2 heterocycles. The summed E-state index contributed by atoms with van der Waals surface area (Å²) in [6, 6.07) is 19.6. The number of hydrogen-bond acceptors (Lipinski definition) is 4. The molecule has 5 heteroatoms. The molecule has 186 valence electrons. The highest BCUT2D eigenvalue weighted by Crippen LogP contribution is 2.46. The van der Waals surface area contributed by atoms with Crippen LogP contribution >= 0.6 is 22.9 Å². The summed E-state index contributed by atoms with van der Waals surface area (Å²) < 4.78 is 7.44. The van der Waals surface area contributed by atoms with Crippen LogP contribution in [0.3, 0.4) is 0 Å². The molecule has 5 rings (SSSR count). The average Bonchev–Trinajstić information content (AvgIpc) is 3.19. The second-order valence-electron chi connectivity index (χ2n) is 9.76. The van der Waals surface area contributed by atoms with Gasteiger partial charge in [-0.2, -0.15) is 0 Å². The lowest BCUT2D eigenvalue weighted by atomic mass is 9.97. The molecule has 1 saturated heterocycles. The first-order chi connectivity index (χ1) is 17.4. The average molecular weight is 518 g/mol. The molecule has 1 N–H and O–H groups in total. The molecule has 0 atom stereocenters. The van der Waals surface area contributed by atoms with E-state index >= 15 is 0 Å². The van der Waals surface area contributed by atoms with Crippen LogP contribution in [0.5, 0.6) is 17.2 Å². The molecule has 36 heavy (non-hydrogen) atoms. The molecule has 4 aromatic rings. The smallest absolute Gasteiger partial charge is 0.153 e. The van der Waals surface area contributed by atoms with Crippen molar-refractivity contribution in [1.82, 2.24) is 4.90 Å². The van der Waals surface area contributed by atoms with Crippen LogP contribution in [0.2, 0.25) is 5.02 Å². The van der Waals surface area contributed by atoms with Gasteiger partial charge in [0.2, 0.25) is 0 Å². The molecule has 0 aliphatic carbocycles. The van der Waals surface area contributed by atoms with Crippen molar-refractivity contribution in [3.8, 4) is 17.2 Å². The van der Waals surface area contributed by atoms with Crippen molar-refractivity contribution in [3.63, 3.8) is 0 Å². The van der Waals surface area contributed by atoms with Crippen LogP contribution < -0.4 is 4.74 Å². The number of hydrogen-bond donors (Lipinski definition) is 1. The van der Waals surface area contributed by atoms with Crippen molar-refractivity contribution >= 4 is 38.6 Å². The first-order valence-electron chi connectivity index (χ1n) is 12.6. The van der Waals surface area contributed by atoms with Gasteiger partial charge < -0.3 is 14.7 Å². The second-order valence-corrected chi connectivity index (χ2v) is 11.3. The number of nitrogens with zero attached hydrogens (tertiary/aromatic N) is 1. The van der Waals surface area contributed by atoms with Crippen LogP contribution in [0.4, 0.5) is 0 Å². The predicted molar refractivity (Wildman–Crippen MR) is 153 cm³/mol. The van der Waals surface area contributed by atoms with E-state index in [2.05, 4.69) is 37.5 Å². The SMILES string of the molecule is C=C(c1cc(Cl)ccc1C)c1sc2cc(O)ccc2c1Oc1ccc(CCCN2CC(CC)C2)cc1. The molecule has 0 amide bonds. The predicted octanol–water partition coefficient (Wildman–Crippen LogP) is 8.70. The number of benzene rings is 3.